The number of methoxy groups -OCH3 is 1. The van der Waals surface area contributed by atoms with E-state index >= 15 is 0 Å². The number of hydrogen-bond acceptors (Lipinski definition) is 3. The molecule has 1 aliphatic carbocycles. The number of carboxylic acids is 1. The van der Waals surface area contributed by atoms with Gasteiger partial charge in [0.05, 0.1) is 13.0 Å². The van der Waals surface area contributed by atoms with Crippen molar-refractivity contribution >= 4 is 11.9 Å². The number of carbonyl (C=O) groups is 2. The van der Waals surface area contributed by atoms with Gasteiger partial charge in [0, 0.05) is 12.5 Å². The Balaban J connectivity index is 1.98. The van der Waals surface area contributed by atoms with E-state index in [1.54, 1.807) is 6.07 Å². The largest absolute Gasteiger partial charge is 0.496 e. The fourth-order valence-corrected chi connectivity index (χ4v) is 3.09. The highest BCUT2D eigenvalue weighted by Gasteiger charge is 2.43. The summed E-state index contributed by atoms with van der Waals surface area (Å²) in [5.41, 5.74) is 0.499. The summed E-state index contributed by atoms with van der Waals surface area (Å²) >= 11 is 0. The predicted octanol–water partition coefficient (Wildman–Crippen LogP) is 3.38. The minimum atomic E-state index is -4.27. The van der Waals surface area contributed by atoms with Gasteiger partial charge in [0.15, 0.2) is 0 Å². The van der Waals surface area contributed by atoms with E-state index < -0.39 is 29.9 Å². The number of carboxylic acid groups (broad SMARTS) is 1. The van der Waals surface area contributed by atoms with Crippen molar-refractivity contribution in [3.63, 3.8) is 0 Å². The van der Waals surface area contributed by atoms with E-state index in [9.17, 15) is 22.8 Å². The summed E-state index contributed by atoms with van der Waals surface area (Å²) in [6.07, 6.45) is -3.60. The number of nitrogens with one attached hydrogen (secondary N) is 1. The van der Waals surface area contributed by atoms with E-state index in [4.69, 9.17) is 9.84 Å². The molecule has 0 bridgehead atoms. The lowest BCUT2D eigenvalue weighted by Gasteiger charge is -2.29. The van der Waals surface area contributed by atoms with E-state index in [2.05, 4.69) is 5.32 Å². The molecule has 25 heavy (non-hydrogen) atoms. The van der Waals surface area contributed by atoms with Crippen molar-refractivity contribution in [2.45, 2.75) is 38.4 Å². The molecular formula is C17H20F3NO4. The highest BCUT2D eigenvalue weighted by Crippen LogP contribution is 2.39. The molecule has 138 valence electrons. The quantitative estimate of drug-likeness (QED) is 0.845. The van der Waals surface area contributed by atoms with Crippen LogP contribution in [0.4, 0.5) is 13.2 Å². The van der Waals surface area contributed by atoms with E-state index in [-0.39, 0.29) is 30.7 Å². The maximum Gasteiger partial charge on any atom is 0.391 e. The van der Waals surface area contributed by atoms with Crippen molar-refractivity contribution in [3.05, 3.63) is 29.3 Å². The predicted molar refractivity (Wildman–Crippen MR) is 83.3 cm³/mol. The number of benzene rings is 1. The molecule has 0 radical (unpaired) electrons. The molecule has 0 saturated heterocycles. The molecule has 1 saturated carbocycles. The molecule has 8 heteroatoms. The maximum atomic E-state index is 12.8. The van der Waals surface area contributed by atoms with Gasteiger partial charge in [-0.25, -0.2) is 4.79 Å². The average molecular weight is 359 g/mol. The summed E-state index contributed by atoms with van der Waals surface area (Å²) in [5.74, 6) is -3.50. The molecule has 2 N–H and O–H groups in total. The van der Waals surface area contributed by atoms with E-state index in [1.165, 1.54) is 19.2 Å². The third kappa shape index (κ3) is 4.87. The summed E-state index contributed by atoms with van der Waals surface area (Å²) in [5, 5.41) is 11.7. The van der Waals surface area contributed by atoms with Crippen LogP contribution >= 0.6 is 0 Å². The number of carbonyl (C=O) groups excluding carboxylic acids is 1. The van der Waals surface area contributed by atoms with Crippen molar-refractivity contribution in [2.75, 3.05) is 7.11 Å². The first-order valence-electron chi connectivity index (χ1n) is 7.97. The number of rotatable bonds is 5. The van der Waals surface area contributed by atoms with Crippen LogP contribution in [-0.4, -0.2) is 30.3 Å². The fourth-order valence-electron chi connectivity index (χ4n) is 3.09. The van der Waals surface area contributed by atoms with Crippen LogP contribution in [0.25, 0.3) is 0 Å². The molecule has 0 aliphatic heterocycles. The lowest BCUT2D eigenvalue weighted by atomic mass is 9.80. The topological polar surface area (TPSA) is 75.6 Å². The summed E-state index contributed by atoms with van der Waals surface area (Å²) in [4.78, 5) is 23.3. The lowest BCUT2D eigenvalue weighted by molar-refractivity contribution is -0.186. The van der Waals surface area contributed by atoms with Gasteiger partial charge < -0.3 is 15.2 Å². The van der Waals surface area contributed by atoms with Crippen LogP contribution in [0, 0.1) is 11.8 Å². The van der Waals surface area contributed by atoms with Crippen LogP contribution in [0.1, 0.15) is 41.6 Å². The van der Waals surface area contributed by atoms with Gasteiger partial charge in [-0.05, 0) is 37.0 Å². The van der Waals surface area contributed by atoms with Gasteiger partial charge in [0.25, 0.3) is 0 Å². The van der Waals surface area contributed by atoms with Crippen molar-refractivity contribution < 1.29 is 32.6 Å². The number of alkyl halides is 3. The second kappa shape index (κ2) is 7.76. The minimum Gasteiger partial charge on any atom is -0.496 e. The second-order valence-corrected chi connectivity index (χ2v) is 6.16. The monoisotopic (exact) mass is 359 g/mol. The van der Waals surface area contributed by atoms with Gasteiger partial charge in [-0.3, -0.25) is 4.79 Å². The molecule has 1 fully saturated rings. The number of amides is 1. The highest BCUT2D eigenvalue weighted by atomic mass is 19.4. The van der Waals surface area contributed by atoms with E-state index in [0.29, 0.717) is 18.4 Å². The van der Waals surface area contributed by atoms with E-state index in [0.717, 1.165) is 0 Å². The number of aromatic carboxylic acids is 1. The van der Waals surface area contributed by atoms with E-state index in [1.807, 2.05) is 0 Å². The SMILES string of the molecule is COc1ccc(CNC(=O)C2CCCC(C(F)(F)F)C2)cc1C(=O)O. The Bertz CT molecular complexity index is 645. The molecule has 0 aromatic heterocycles. The summed E-state index contributed by atoms with van der Waals surface area (Å²) in [6, 6.07) is 4.46. The Kier molecular flexibility index (Phi) is 5.92. The summed E-state index contributed by atoms with van der Waals surface area (Å²) < 4.78 is 43.4. The first-order valence-corrected chi connectivity index (χ1v) is 7.97. The van der Waals surface area contributed by atoms with Gasteiger partial charge in [0.2, 0.25) is 5.91 Å². The third-order valence-corrected chi connectivity index (χ3v) is 4.47. The molecular weight excluding hydrogens is 339 g/mol. The van der Waals surface area contributed by atoms with Gasteiger partial charge in [-0.1, -0.05) is 12.5 Å². The molecule has 1 aromatic rings. The maximum absolute atomic E-state index is 12.8. The molecule has 2 atom stereocenters. The molecule has 2 unspecified atom stereocenters. The summed E-state index contributed by atoms with van der Waals surface area (Å²) in [7, 11) is 1.35. The average Bonchev–Trinajstić information content (AvgIpc) is 2.58. The van der Waals surface area contributed by atoms with Crippen LogP contribution in [-0.2, 0) is 11.3 Å². The van der Waals surface area contributed by atoms with Crippen molar-refractivity contribution in [2.24, 2.45) is 11.8 Å². The number of hydrogen-bond donors (Lipinski definition) is 2. The smallest absolute Gasteiger partial charge is 0.391 e. The molecule has 1 amide bonds. The Morgan fingerprint density at radius 2 is 2.04 bits per heavy atom. The van der Waals surface area contributed by atoms with Crippen LogP contribution < -0.4 is 10.1 Å². The third-order valence-electron chi connectivity index (χ3n) is 4.47. The normalized spacial score (nSPS) is 20.8. The Hall–Kier alpha value is -2.25. The Morgan fingerprint density at radius 1 is 1.32 bits per heavy atom. The zero-order chi connectivity index (χ0) is 18.6. The van der Waals surface area contributed by atoms with Crippen LogP contribution in [0.2, 0.25) is 0 Å². The van der Waals surface area contributed by atoms with Gasteiger partial charge in [0.1, 0.15) is 11.3 Å². The highest BCUT2D eigenvalue weighted by molar-refractivity contribution is 5.91. The molecule has 5 nitrogen and oxygen atoms in total. The first-order chi connectivity index (χ1) is 11.7. The van der Waals surface area contributed by atoms with Gasteiger partial charge in [-0.2, -0.15) is 13.2 Å². The van der Waals surface area contributed by atoms with Crippen molar-refractivity contribution in [1.82, 2.24) is 5.32 Å². The van der Waals surface area contributed by atoms with Gasteiger partial charge >= 0.3 is 12.1 Å². The molecule has 1 aliphatic rings. The minimum absolute atomic E-state index is 0.0379. The van der Waals surface area contributed by atoms with Gasteiger partial charge in [-0.15, -0.1) is 0 Å². The molecule has 0 heterocycles. The van der Waals surface area contributed by atoms with Crippen LogP contribution in [0.5, 0.6) is 5.75 Å². The molecule has 0 spiro atoms. The van der Waals surface area contributed by atoms with Crippen LogP contribution in [0.15, 0.2) is 18.2 Å². The number of ether oxygens (including phenoxy) is 1. The molecule has 2 rings (SSSR count). The zero-order valence-corrected chi connectivity index (χ0v) is 13.7. The lowest BCUT2D eigenvalue weighted by Crippen LogP contribution is -2.37. The Labute approximate surface area is 143 Å². The van der Waals surface area contributed by atoms with Crippen molar-refractivity contribution in [3.8, 4) is 5.75 Å². The fraction of sp³-hybridized carbons (Fsp3) is 0.529. The molecule has 1 aromatic carbocycles. The Morgan fingerprint density at radius 3 is 2.64 bits per heavy atom. The van der Waals surface area contributed by atoms with Crippen LogP contribution in [0.3, 0.4) is 0 Å². The standard InChI is InChI=1S/C17H20F3NO4/c1-25-14-6-5-10(7-13(14)16(23)24)9-21-15(22)11-3-2-4-12(8-11)17(18,19)20/h5-7,11-12H,2-4,8-9H2,1H3,(H,21,22)(H,23,24). The second-order valence-electron chi connectivity index (χ2n) is 6.16. The zero-order valence-electron chi connectivity index (χ0n) is 13.7. The van der Waals surface area contributed by atoms with Crippen molar-refractivity contribution in [1.29, 1.82) is 0 Å². The first kappa shape index (κ1) is 19.1. The summed E-state index contributed by atoms with van der Waals surface area (Å²) in [6.45, 7) is 0.0519. The number of halogens is 3.